The van der Waals surface area contributed by atoms with E-state index in [2.05, 4.69) is 4.98 Å². The van der Waals surface area contributed by atoms with Gasteiger partial charge in [0.1, 0.15) is 5.75 Å². The number of aryl methyl sites for hydroxylation is 1. The SMILES string of the molecule is COc1ccc(-c2cnc(CCC(=O)N3CCCC(O)C3)o2)cc1. The topological polar surface area (TPSA) is 75.8 Å². The van der Waals surface area contributed by atoms with Crippen LogP contribution in [0.5, 0.6) is 5.75 Å². The third kappa shape index (κ3) is 3.94. The average Bonchev–Trinajstić information content (AvgIpc) is 3.09. The average molecular weight is 330 g/mol. The summed E-state index contributed by atoms with van der Waals surface area (Å²) in [6.07, 6.45) is 3.71. The summed E-state index contributed by atoms with van der Waals surface area (Å²) in [5.41, 5.74) is 0.917. The number of ether oxygens (including phenoxy) is 1. The Labute approximate surface area is 141 Å². The maximum absolute atomic E-state index is 12.2. The van der Waals surface area contributed by atoms with Gasteiger partial charge in [-0.15, -0.1) is 0 Å². The first kappa shape index (κ1) is 16.5. The van der Waals surface area contributed by atoms with Gasteiger partial charge in [-0.1, -0.05) is 0 Å². The minimum atomic E-state index is -0.397. The molecule has 0 saturated carbocycles. The number of β-amino-alcohol motifs (C(OH)–C–C–N with tert-alkyl or cyclic N) is 1. The number of oxazole rings is 1. The minimum Gasteiger partial charge on any atom is -0.497 e. The Balaban J connectivity index is 1.56. The van der Waals surface area contributed by atoms with Crippen LogP contribution < -0.4 is 4.74 Å². The summed E-state index contributed by atoms with van der Waals surface area (Å²) in [7, 11) is 1.62. The molecule has 1 amide bonds. The van der Waals surface area contributed by atoms with E-state index in [0.29, 0.717) is 31.0 Å². The first-order valence-corrected chi connectivity index (χ1v) is 8.20. The summed E-state index contributed by atoms with van der Waals surface area (Å²) in [5.74, 6) is 2.05. The van der Waals surface area contributed by atoms with Crippen LogP contribution in [0.25, 0.3) is 11.3 Å². The predicted octanol–water partition coefficient (Wildman–Crippen LogP) is 2.27. The smallest absolute Gasteiger partial charge is 0.223 e. The molecule has 1 aliphatic rings. The number of methoxy groups -OCH3 is 1. The fraction of sp³-hybridized carbons (Fsp3) is 0.444. The van der Waals surface area contributed by atoms with Crippen molar-refractivity contribution in [3.63, 3.8) is 0 Å². The van der Waals surface area contributed by atoms with Crippen molar-refractivity contribution in [2.24, 2.45) is 0 Å². The van der Waals surface area contributed by atoms with Crippen LogP contribution in [0.3, 0.4) is 0 Å². The number of aliphatic hydroxyl groups excluding tert-OH is 1. The van der Waals surface area contributed by atoms with E-state index in [1.165, 1.54) is 0 Å². The number of hydrogen-bond acceptors (Lipinski definition) is 5. The molecule has 6 heteroatoms. The molecule has 24 heavy (non-hydrogen) atoms. The van der Waals surface area contributed by atoms with Crippen LogP contribution in [0.2, 0.25) is 0 Å². The van der Waals surface area contributed by atoms with Gasteiger partial charge in [0.15, 0.2) is 11.7 Å². The summed E-state index contributed by atoms with van der Waals surface area (Å²) in [6.45, 7) is 1.15. The Bertz CT molecular complexity index is 681. The number of aliphatic hydroxyl groups is 1. The van der Waals surface area contributed by atoms with Gasteiger partial charge in [0.05, 0.1) is 19.4 Å². The monoisotopic (exact) mass is 330 g/mol. The van der Waals surface area contributed by atoms with E-state index in [1.807, 2.05) is 24.3 Å². The number of aromatic nitrogens is 1. The molecule has 0 spiro atoms. The van der Waals surface area contributed by atoms with Gasteiger partial charge in [0, 0.05) is 31.5 Å². The van der Waals surface area contributed by atoms with Gasteiger partial charge in [0.25, 0.3) is 0 Å². The normalized spacial score (nSPS) is 17.8. The Kier molecular flexibility index (Phi) is 5.15. The Morgan fingerprint density at radius 1 is 1.42 bits per heavy atom. The van der Waals surface area contributed by atoms with Crippen molar-refractivity contribution in [1.29, 1.82) is 0 Å². The summed E-state index contributed by atoms with van der Waals surface area (Å²) in [5, 5.41) is 9.65. The third-order valence-electron chi connectivity index (χ3n) is 4.23. The number of piperidine rings is 1. The lowest BCUT2D eigenvalue weighted by molar-refractivity contribution is -0.134. The van der Waals surface area contributed by atoms with Crippen LogP contribution in [-0.2, 0) is 11.2 Å². The van der Waals surface area contributed by atoms with Crippen molar-refractivity contribution in [1.82, 2.24) is 9.88 Å². The minimum absolute atomic E-state index is 0.0398. The molecule has 128 valence electrons. The number of carbonyl (C=O) groups excluding carboxylic acids is 1. The van der Waals surface area contributed by atoms with Crippen molar-refractivity contribution in [3.05, 3.63) is 36.4 Å². The highest BCUT2D eigenvalue weighted by Crippen LogP contribution is 2.23. The second-order valence-electron chi connectivity index (χ2n) is 5.98. The van der Waals surface area contributed by atoms with Gasteiger partial charge in [-0.05, 0) is 37.1 Å². The Hall–Kier alpha value is -2.34. The van der Waals surface area contributed by atoms with Crippen LogP contribution in [0, 0.1) is 0 Å². The molecule has 0 aliphatic carbocycles. The van der Waals surface area contributed by atoms with E-state index in [0.717, 1.165) is 30.7 Å². The van der Waals surface area contributed by atoms with Crippen LogP contribution in [0.4, 0.5) is 0 Å². The highest BCUT2D eigenvalue weighted by Gasteiger charge is 2.22. The second kappa shape index (κ2) is 7.49. The summed E-state index contributed by atoms with van der Waals surface area (Å²) < 4.78 is 10.9. The van der Waals surface area contributed by atoms with Crippen molar-refractivity contribution < 1.29 is 19.1 Å². The fourth-order valence-electron chi connectivity index (χ4n) is 2.87. The van der Waals surface area contributed by atoms with Gasteiger partial charge >= 0.3 is 0 Å². The highest BCUT2D eigenvalue weighted by atomic mass is 16.5. The maximum atomic E-state index is 12.2. The number of benzene rings is 1. The molecule has 1 fully saturated rings. The van der Waals surface area contributed by atoms with E-state index in [-0.39, 0.29) is 5.91 Å². The molecule has 2 heterocycles. The summed E-state index contributed by atoms with van der Waals surface area (Å²) in [4.78, 5) is 18.2. The zero-order chi connectivity index (χ0) is 16.9. The molecule has 3 rings (SSSR count). The molecule has 2 aromatic rings. The van der Waals surface area contributed by atoms with Crippen molar-refractivity contribution in [3.8, 4) is 17.1 Å². The number of amides is 1. The fourth-order valence-corrected chi connectivity index (χ4v) is 2.87. The van der Waals surface area contributed by atoms with Crippen LogP contribution >= 0.6 is 0 Å². The van der Waals surface area contributed by atoms with E-state index in [4.69, 9.17) is 9.15 Å². The third-order valence-corrected chi connectivity index (χ3v) is 4.23. The van der Waals surface area contributed by atoms with Crippen LogP contribution in [-0.4, -0.2) is 47.2 Å². The molecule has 1 unspecified atom stereocenters. The molecule has 1 N–H and O–H groups in total. The first-order valence-electron chi connectivity index (χ1n) is 8.20. The molecule has 6 nitrogen and oxygen atoms in total. The molecule has 1 aromatic heterocycles. The number of likely N-dealkylation sites (tertiary alicyclic amines) is 1. The van der Waals surface area contributed by atoms with Crippen molar-refractivity contribution in [2.75, 3.05) is 20.2 Å². The molecule has 1 aromatic carbocycles. The van der Waals surface area contributed by atoms with Crippen LogP contribution in [0.1, 0.15) is 25.2 Å². The summed E-state index contributed by atoms with van der Waals surface area (Å²) >= 11 is 0. The van der Waals surface area contributed by atoms with Gasteiger partial charge in [-0.25, -0.2) is 4.98 Å². The first-order chi connectivity index (χ1) is 11.7. The van der Waals surface area contributed by atoms with E-state index >= 15 is 0 Å². The Morgan fingerprint density at radius 3 is 2.92 bits per heavy atom. The molecule has 1 aliphatic heterocycles. The number of hydrogen-bond donors (Lipinski definition) is 1. The van der Waals surface area contributed by atoms with Gasteiger partial charge in [-0.3, -0.25) is 4.79 Å². The van der Waals surface area contributed by atoms with Gasteiger partial charge in [-0.2, -0.15) is 0 Å². The lowest BCUT2D eigenvalue weighted by atomic mass is 10.1. The number of rotatable bonds is 5. The summed E-state index contributed by atoms with van der Waals surface area (Å²) in [6, 6.07) is 7.54. The molecule has 0 radical (unpaired) electrons. The van der Waals surface area contributed by atoms with E-state index in [1.54, 1.807) is 18.2 Å². The van der Waals surface area contributed by atoms with Gasteiger partial charge in [0.2, 0.25) is 5.91 Å². The maximum Gasteiger partial charge on any atom is 0.223 e. The highest BCUT2D eigenvalue weighted by molar-refractivity contribution is 5.76. The molecule has 0 bridgehead atoms. The molecular weight excluding hydrogens is 308 g/mol. The lowest BCUT2D eigenvalue weighted by Crippen LogP contribution is -2.42. The zero-order valence-corrected chi connectivity index (χ0v) is 13.8. The number of carbonyl (C=O) groups is 1. The standard InChI is InChI=1S/C18H22N2O4/c1-23-15-6-4-13(5-7-15)16-11-19-17(24-16)8-9-18(22)20-10-2-3-14(21)12-20/h4-7,11,14,21H,2-3,8-10,12H2,1H3. The predicted molar refractivity (Wildman–Crippen MR) is 88.6 cm³/mol. The zero-order valence-electron chi connectivity index (χ0n) is 13.8. The van der Waals surface area contributed by atoms with Crippen LogP contribution in [0.15, 0.2) is 34.9 Å². The van der Waals surface area contributed by atoms with Gasteiger partial charge < -0.3 is 19.2 Å². The molecular formula is C18H22N2O4. The quantitative estimate of drug-likeness (QED) is 0.910. The molecule has 1 atom stereocenters. The van der Waals surface area contributed by atoms with E-state index in [9.17, 15) is 9.90 Å². The second-order valence-corrected chi connectivity index (χ2v) is 5.98. The molecule has 1 saturated heterocycles. The van der Waals surface area contributed by atoms with Crippen molar-refractivity contribution in [2.45, 2.75) is 31.8 Å². The van der Waals surface area contributed by atoms with Crippen molar-refractivity contribution >= 4 is 5.91 Å². The Morgan fingerprint density at radius 2 is 2.21 bits per heavy atom. The largest absolute Gasteiger partial charge is 0.497 e. The lowest BCUT2D eigenvalue weighted by Gasteiger charge is -2.30. The van der Waals surface area contributed by atoms with E-state index < -0.39 is 6.10 Å². The number of nitrogens with zero attached hydrogens (tertiary/aromatic N) is 2.